The largest absolute Gasteiger partial charge is 0.463 e. The van der Waals surface area contributed by atoms with E-state index in [0.29, 0.717) is 13.0 Å². The molecule has 0 aromatic carbocycles. The van der Waals surface area contributed by atoms with Crippen molar-refractivity contribution in [1.82, 2.24) is 0 Å². The summed E-state index contributed by atoms with van der Waals surface area (Å²) >= 11 is 0. The molecule has 2 N–H and O–H groups in total. The first-order valence-electron chi connectivity index (χ1n) is 7.78. The van der Waals surface area contributed by atoms with Gasteiger partial charge in [0, 0.05) is 19.3 Å². The second kappa shape index (κ2) is 6.87. The van der Waals surface area contributed by atoms with Gasteiger partial charge in [-0.1, -0.05) is 0 Å². The fourth-order valence-corrected chi connectivity index (χ4v) is 3.16. The molecule has 2 unspecified atom stereocenters. The zero-order valence-electron chi connectivity index (χ0n) is 12.6. The number of rotatable bonds is 5. The number of nitrogens with two attached hydrogens (primary N) is 1. The lowest BCUT2D eigenvalue weighted by atomic mass is 10.0. The highest BCUT2D eigenvalue weighted by Crippen LogP contribution is 2.41. The van der Waals surface area contributed by atoms with Crippen molar-refractivity contribution in [3.63, 3.8) is 0 Å². The Morgan fingerprint density at radius 1 is 1.30 bits per heavy atom. The number of hydrogen-bond acceptors (Lipinski definition) is 5. The van der Waals surface area contributed by atoms with Gasteiger partial charge < -0.3 is 19.9 Å². The van der Waals surface area contributed by atoms with Crippen LogP contribution < -0.4 is 5.73 Å². The quantitative estimate of drug-likeness (QED) is 0.783. The van der Waals surface area contributed by atoms with E-state index in [1.165, 1.54) is 0 Å². The topological polar surface area (TPSA) is 70.8 Å². The van der Waals surface area contributed by atoms with Crippen LogP contribution in [0.1, 0.15) is 58.8 Å². The molecular weight excluding hydrogens is 258 g/mol. The number of carbonyl (C=O) groups excluding carboxylic acids is 1. The van der Waals surface area contributed by atoms with Crippen molar-refractivity contribution in [3.8, 4) is 0 Å². The van der Waals surface area contributed by atoms with Crippen LogP contribution in [0.3, 0.4) is 0 Å². The summed E-state index contributed by atoms with van der Waals surface area (Å²) in [6.07, 6.45) is 5.86. The molecule has 1 heterocycles. The molecule has 0 aromatic rings. The van der Waals surface area contributed by atoms with E-state index in [2.05, 4.69) is 0 Å². The van der Waals surface area contributed by atoms with Crippen LogP contribution in [0.5, 0.6) is 0 Å². The van der Waals surface area contributed by atoms with Crippen LogP contribution in [0, 0.1) is 0 Å². The Balaban J connectivity index is 1.95. The summed E-state index contributed by atoms with van der Waals surface area (Å²) in [6.45, 7) is 4.32. The summed E-state index contributed by atoms with van der Waals surface area (Å²) < 4.78 is 17.4. The molecule has 2 atom stereocenters. The first kappa shape index (κ1) is 15.7. The zero-order chi connectivity index (χ0) is 14.6. The van der Waals surface area contributed by atoms with Crippen molar-refractivity contribution < 1.29 is 19.0 Å². The third kappa shape index (κ3) is 4.17. The summed E-state index contributed by atoms with van der Waals surface area (Å²) in [5.41, 5.74) is 5.65. The van der Waals surface area contributed by atoms with Crippen LogP contribution in [0.25, 0.3) is 0 Å². The van der Waals surface area contributed by atoms with Gasteiger partial charge in [-0.25, -0.2) is 0 Å². The highest BCUT2D eigenvalue weighted by atomic mass is 16.7. The van der Waals surface area contributed by atoms with Gasteiger partial charge in [0.1, 0.15) is 0 Å². The average molecular weight is 285 g/mol. The van der Waals surface area contributed by atoms with Gasteiger partial charge in [-0.2, -0.15) is 0 Å². The molecule has 1 saturated carbocycles. The van der Waals surface area contributed by atoms with Crippen molar-refractivity contribution in [1.29, 1.82) is 0 Å². The van der Waals surface area contributed by atoms with E-state index in [4.69, 9.17) is 19.9 Å². The maximum Gasteiger partial charge on any atom is 0.308 e. The fourth-order valence-electron chi connectivity index (χ4n) is 3.16. The highest BCUT2D eigenvalue weighted by Gasteiger charge is 2.44. The van der Waals surface area contributed by atoms with Crippen molar-refractivity contribution >= 4 is 5.97 Å². The highest BCUT2D eigenvalue weighted by molar-refractivity contribution is 5.70. The minimum Gasteiger partial charge on any atom is -0.463 e. The van der Waals surface area contributed by atoms with Crippen molar-refractivity contribution in [3.05, 3.63) is 0 Å². The molecule has 2 fully saturated rings. The molecule has 1 aliphatic heterocycles. The zero-order valence-corrected chi connectivity index (χ0v) is 12.6. The van der Waals surface area contributed by atoms with Gasteiger partial charge >= 0.3 is 5.97 Å². The third-order valence-corrected chi connectivity index (χ3v) is 3.90. The third-order valence-electron chi connectivity index (χ3n) is 3.90. The van der Waals surface area contributed by atoms with Gasteiger partial charge in [-0.15, -0.1) is 0 Å². The van der Waals surface area contributed by atoms with Gasteiger partial charge in [0.15, 0.2) is 5.79 Å². The van der Waals surface area contributed by atoms with Crippen LogP contribution in [-0.4, -0.2) is 36.6 Å². The van der Waals surface area contributed by atoms with E-state index in [-0.39, 0.29) is 24.3 Å². The maximum atomic E-state index is 11.8. The number of carbonyl (C=O) groups is 1. The summed E-state index contributed by atoms with van der Waals surface area (Å²) in [6, 6.07) is 0. The van der Waals surface area contributed by atoms with Crippen LogP contribution in [0.4, 0.5) is 0 Å². The molecule has 5 heteroatoms. The second-order valence-electron chi connectivity index (χ2n) is 6.15. The van der Waals surface area contributed by atoms with E-state index < -0.39 is 5.79 Å². The summed E-state index contributed by atoms with van der Waals surface area (Å²) in [5, 5.41) is 0. The van der Waals surface area contributed by atoms with Crippen molar-refractivity contribution in [2.75, 3.05) is 6.54 Å². The monoisotopic (exact) mass is 285 g/mol. The molecule has 1 aliphatic carbocycles. The SMILES string of the molecule is CC(C)OC(=O)CC1CC(CCN)OC2(CCCC2)O1. The van der Waals surface area contributed by atoms with Crippen molar-refractivity contribution in [2.45, 2.75) is 82.9 Å². The van der Waals surface area contributed by atoms with Gasteiger partial charge in [0.2, 0.25) is 0 Å². The Kier molecular flexibility index (Phi) is 5.41. The lowest BCUT2D eigenvalue weighted by Crippen LogP contribution is -2.48. The van der Waals surface area contributed by atoms with Crippen LogP contribution >= 0.6 is 0 Å². The van der Waals surface area contributed by atoms with Gasteiger partial charge in [-0.3, -0.25) is 4.79 Å². The lowest BCUT2D eigenvalue weighted by molar-refractivity contribution is -0.315. The number of ether oxygens (including phenoxy) is 3. The predicted molar refractivity (Wildman–Crippen MR) is 75.1 cm³/mol. The lowest BCUT2D eigenvalue weighted by Gasteiger charge is -2.42. The maximum absolute atomic E-state index is 11.8. The summed E-state index contributed by atoms with van der Waals surface area (Å²) in [7, 11) is 0. The Morgan fingerprint density at radius 2 is 1.95 bits per heavy atom. The Bertz CT molecular complexity index is 326. The van der Waals surface area contributed by atoms with Crippen molar-refractivity contribution in [2.24, 2.45) is 5.73 Å². The minimum atomic E-state index is -0.471. The molecular formula is C15H27NO4. The normalized spacial score (nSPS) is 29.0. The average Bonchev–Trinajstić information content (AvgIpc) is 2.75. The molecule has 5 nitrogen and oxygen atoms in total. The molecule has 1 saturated heterocycles. The molecule has 0 amide bonds. The smallest absolute Gasteiger partial charge is 0.308 e. The second-order valence-corrected chi connectivity index (χ2v) is 6.15. The number of esters is 1. The van der Waals surface area contributed by atoms with Crippen LogP contribution in [-0.2, 0) is 19.0 Å². The molecule has 1 spiro atoms. The fraction of sp³-hybridized carbons (Fsp3) is 0.933. The standard InChI is InChI=1S/C15H27NO4/c1-11(2)18-14(17)10-13-9-12(5-8-16)19-15(20-13)6-3-4-7-15/h11-13H,3-10,16H2,1-2H3. The van der Waals surface area contributed by atoms with E-state index in [9.17, 15) is 4.79 Å². The van der Waals surface area contributed by atoms with Gasteiger partial charge in [0.25, 0.3) is 0 Å². The summed E-state index contributed by atoms with van der Waals surface area (Å²) in [5.74, 6) is -0.660. The van der Waals surface area contributed by atoms with Crippen LogP contribution in [0.15, 0.2) is 0 Å². The van der Waals surface area contributed by atoms with E-state index >= 15 is 0 Å². The van der Waals surface area contributed by atoms with Gasteiger partial charge in [-0.05, 0) is 39.7 Å². The molecule has 0 aromatic heterocycles. The van der Waals surface area contributed by atoms with E-state index in [0.717, 1.165) is 38.5 Å². The Morgan fingerprint density at radius 3 is 2.55 bits per heavy atom. The minimum absolute atomic E-state index is 0.0809. The summed E-state index contributed by atoms with van der Waals surface area (Å²) in [4.78, 5) is 11.8. The number of hydrogen-bond donors (Lipinski definition) is 1. The molecule has 2 aliphatic rings. The predicted octanol–water partition coefficient (Wildman–Crippen LogP) is 2.12. The molecule has 116 valence electrons. The Hall–Kier alpha value is -0.650. The molecule has 0 bridgehead atoms. The van der Waals surface area contributed by atoms with E-state index in [1.54, 1.807) is 0 Å². The molecule has 0 radical (unpaired) electrons. The van der Waals surface area contributed by atoms with E-state index in [1.807, 2.05) is 13.8 Å². The first-order valence-corrected chi connectivity index (χ1v) is 7.78. The van der Waals surface area contributed by atoms with Gasteiger partial charge in [0.05, 0.1) is 24.7 Å². The first-order chi connectivity index (χ1) is 9.53. The Labute approximate surface area is 121 Å². The molecule has 2 rings (SSSR count). The molecule has 20 heavy (non-hydrogen) atoms. The van der Waals surface area contributed by atoms with Crippen LogP contribution in [0.2, 0.25) is 0 Å².